The average molecular weight is 284 g/mol. The van der Waals surface area contributed by atoms with Gasteiger partial charge in [-0.05, 0) is 15.9 Å². The van der Waals surface area contributed by atoms with Crippen molar-refractivity contribution < 1.29 is 0 Å². The molecular weight excluding hydrogens is 274 g/mol. The van der Waals surface area contributed by atoms with E-state index < -0.39 is 0 Å². The van der Waals surface area contributed by atoms with Crippen LogP contribution in [0.25, 0.3) is 0 Å². The third-order valence-electron chi connectivity index (χ3n) is 1.82. The maximum absolute atomic E-state index is 5.58. The van der Waals surface area contributed by atoms with Gasteiger partial charge in [-0.25, -0.2) is 9.97 Å². The van der Waals surface area contributed by atoms with Gasteiger partial charge in [0.25, 0.3) is 0 Å². The molecule has 0 aliphatic rings. The molecule has 0 unspecified atom stereocenters. The molecule has 8 heteroatoms. The lowest BCUT2D eigenvalue weighted by molar-refractivity contribution is 0.890. The van der Waals surface area contributed by atoms with Crippen LogP contribution in [0.5, 0.6) is 0 Å². The van der Waals surface area contributed by atoms with Crippen molar-refractivity contribution in [3.63, 3.8) is 0 Å². The van der Waals surface area contributed by atoms with E-state index in [0.717, 1.165) is 12.2 Å². The second kappa shape index (κ2) is 4.88. The number of aromatic nitrogens is 5. The van der Waals surface area contributed by atoms with Gasteiger partial charge in [-0.1, -0.05) is 0 Å². The molecule has 2 aromatic heterocycles. The van der Waals surface area contributed by atoms with Crippen LogP contribution >= 0.6 is 15.9 Å². The fraction of sp³-hybridized carbons (Fsp3) is 0.250. The number of nitrogens with zero attached hydrogens (tertiary/aromatic N) is 4. The molecule has 0 saturated heterocycles. The fourth-order valence-corrected chi connectivity index (χ4v) is 1.56. The highest BCUT2D eigenvalue weighted by atomic mass is 79.9. The Labute approximate surface area is 100 Å². The van der Waals surface area contributed by atoms with Crippen LogP contribution in [0, 0.1) is 0 Å². The summed E-state index contributed by atoms with van der Waals surface area (Å²) < 4.78 is 0.655. The summed E-state index contributed by atoms with van der Waals surface area (Å²) in [5.74, 6) is 1.73. The Morgan fingerprint density at radius 1 is 1.44 bits per heavy atom. The van der Waals surface area contributed by atoms with Crippen LogP contribution in [0.3, 0.4) is 0 Å². The van der Waals surface area contributed by atoms with Crippen molar-refractivity contribution in [2.24, 2.45) is 0 Å². The SMILES string of the molecule is Nc1cc(Br)nc(NCCc2ncn[nH]2)n1. The molecule has 0 aromatic carbocycles. The number of aromatic amines is 1. The van der Waals surface area contributed by atoms with Gasteiger partial charge in [-0.15, -0.1) is 0 Å². The Bertz CT molecular complexity index is 435. The van der Waals surface area contributed by atoms with E-state index in [2.05, 4.69) is 46.4 Å². The highest BCUT2D eigenvalue weighted by Gasteiger charge is 2.00. The summed E-state index contributed by atoms with van der Waals surface area (Å²) in [6, 6.07) is 1.64. The fourth-order valence-electron chi connectivity index (χ4n) is 1.16. The molecule has 2 heterocycles. The van der Waals surface area contributed by atoms with Gasteiger partial charge in [-0.2, -0.15) is 10.1 Å². The van der Waals surface area contributed by atoms with Crippen molar-refractivity contribution in [3.8, 4) is 0 Å². The predicted octanol–water partition coefficient (Wildman–Crippen LogP) is 0.594. The van der Waals surface area contributed by atoms with Crippen LogP contribution in [-0.2, 0) is 6.42 Å². The lowest BCUT2D eigenvalue weighted by atomic mass is 10.4. The first-order valence-electron chi connectivity index (χ1n) is 4.62. The number of nitrogens with two attached hydrogens (primary N) is 1. The van der Waals surface area contributed by atoms with Crippen LogP contribution in [-0.4, -0.2) is 31.7 Å². The van der Waals surface area contributed by atoms with E-state index in [0.29, 0.717) is 22.9 Å². The van der Waals surface area contributed by atoms with Crippen molar-refractivity contribution in [2.45, 2.75) is 6.42 Å². The molecule has 2 aromatic rings. The molecule has 7 nitrogen and oxygen atoms in total. The van der Waals surface area contributed by atoms with Gasteiger partial charge in [0.05, 0.1) is 0 Å². The molecular formula is C8H10BrN7. The quantitative estimate of drug-likeness (QED) is 0.710. The van der Waals surface area contributed by atoms with Crippen LogP contribution in [0.4, 0.5) is 11.8 Å². The van der Waals surface area contributed by atoms with Gasteiger partial charge < -0.3 is 11.1 Å². The maximum Gasteiger partial charge on any atom is 0.225 e. The molecule has 0 atom stereocenters. The molecule has 0 aliphatic heterocycles. The van der Waals surface area contributed by atoms with Gasteiger partial charge >= 0.3 is 0 Å². The van der Waals surface area contributed by atoms with E-state index in [1.54, 1.807) is 6.07 Å². The number of hydrogen-bond donors (Lipinski definition) is 3. The second-order valence-corrected chi connectivity index (χ2v) is 3.86. The van der Waals surface area contributed by atoms with Crippen LogP contribution in [0.2, 0.25) is 0 Å². The van der Waals surface area contributed by atoms with Crippen molar-refractivity contribution >= 4 is 27.7 Å². The Morgan fingerprint density at radius 3 is 3.00 bits per heavy atom. The van der Waals surface area contributed by atoms with E-state index in [4.69, 9.17) is 5.73 Å². The van der Waals surface area contributed by atoms with Crippen molar-refractivity contribution in [2.75, 3.05) is 17.6 Å². The Morgan fingerprint density at radius 2 is 2.31 bits per heavy atom. The third kappa shape index (κ3) is 2.89. The number of halogens is 1. The lowest BCUT2D eigenvalue weighted by Crippen LogP contribution is -2.09. The van der Waals surface area contributed by atoms with Crippen molar-refractivity contribution in [3.05, 3.63) is 22.8 Å². The minimum atomic E-state index is 0.420. The van der Waals surface area contributed by atoms with Gasteiger partial charge in [0.1, 0.15) is 22.6 Å². The minimum absolute atomic E-state index is 0.420. The molecule has 0 amide bonds. The van der Waals surface area contributed by atoms with Crippen LogP contribution in [0.15, 0.2) is 17.0 Å². The number of hydrogen-bond acceptors (Lipinski definition) is 6. The summed E-state index contributed by atoms with van der Waals surface area (Å²) in [6.07, 6.45) is 2.19. The van der Waals surface area contributed by atoms with E-state index >= 15 is 0 Å². The Kier molecular flexibility index (Phi) is 3.30. The normalized spacial score (nSPS) is 10.3. The number of H-pyrrole nitrogens is 1. The molecule has 0 bridgehead atoms. The standard InChI is InChI=1S/C8H10BrN7/c9-5-3-6(10)15-8(14-5)11-2-1-7-12-4-13-16-7/h3-4H,1-2H2,(H,12,13,16)(H3,10,11,14,15). The van der Waals surface area contributed by atoms with E-state index in [1.807, 2.05) is 0 Å². The van der Waals surface area contributed by atoms with E-state index in [9.17, 15) is 0 Å². The van der Waals surface area contributed by atoms with Gasteiger partial charge in [0, 0.05) is 19.0 Å². The number of nitrogens with one attached hydrogen (secondary N) is 2. The number of rotatable bonds is 4. The molecule has 2 rings (SSSR count). The summed E-state index contributed by atoms with van der Waals surface area (Å²) in [4.78, 5) is 12.2. The summed E-state index contributed by atoms with van der Waals surface area (Å²) in [6.45, 7) is 0.658. The highest BCUT2D eigenvalue weighted by molar-refractivity contribution is 9.10. The Balaban J connectivity index is 1.89. The van der Waals surface area contributed by atoms with Gasteiger partial charge in [0.2, 0.25) is 5.95 Å². The summed E-state index contributed by atoms with van der Waals surface area (Å²) in [5, 5.41) is 9.57. The topological polar surface area (TPSA) is 105 Å². The van der Waals surface area contributed by atoms with Gasteiger partial charge in [-0.3, -0.25) is 5.10 Å². The largest absolute Gasteiger partial charge is 0.383 e. The molecule has 16 heavy (non-hydrogen) atoms. The molecule has 0 radical (unpaired) electrons. The van der Waals surface area contributed by atoms with E-state index in [-0.39, 0.29) is 0 Å². The zero-order chi connectivity index (χ0) is 11.4. The smallest absolute Gasteiger partial charge is 0.225 e. The van der Waals surface area contributed by atoms with E-state index in [1.165, 1.54) is 6.33 Å². The zero-order valence-electron chi connectivity index (χ0n) is 8.31. The lowest BCUT2D eigenvalue weighted by Gasteiger charge is -2.04. The van der Waals surface area contributed by atoms with Crippen LogP contribution in [0.1, 0.15) is 5.82 Å². The average Bonchev–Trinajstić information content (AvgIpc) is 2.69. The van der Waals surface area contributed by atoms with Crippen molar-refractivity contribution in [1.82, 2.24) is 25.1 Å². The molecule has 0 spiro atoms. The second-order valence-electron chi connectivity index (χ2n) is 3.05. The minimum Gasteiger partial charge on any atom is -0.383 e. The predicted molar refractivity (Wildman–Crippen MR) is 62.7 cm³/mol. The summed E-state index contributed by atoms with van der Waals surface area (Å²) in [5.41, 5.74) is 5.58. The Hall–Kier alpha value is -1.70. The molecule has 0 fully saturated rings. The van der Waals surface area contributed by atoms with Gasteiger partial charge in [0.15, 0.2) is 0 Å². The molecule has 0 aliphatic carbocycles. The first-order chi connectivity index (χ1) is 7.74. The third-order valence-corrected chi connectivity index (χ3v) is 2.23. The maximum atomic E-state index is 5.58. The van der Waals surface area contributed by atoms with Crippen molar-refractivity contribution in [1.29, 1.82) is 0 Å². The zero-order valence-corrected chi connectivity index (χ0v) is 9.90. The number of anilines is 2. The first kappa shape index (κ1) is 10.8. The molecule has 4 N–H and O–H groups in total. The number of nitrogen functional groups attached to an aromatic ring is 1. The first-order valence-corrected chi connectivity index (χ1v) is 5.41. The summed E-state index contributed by atoms with van der Waals surface area (Å²) in [7, 11) is 0. The highest BCUT2D eigenvalue weighted by Crippen LogP contribution is 2.11. The molecule has 0 saturated carbocycles. The van der Waals surface area contributed by atoms with Crippen LogP contribution < -0.4 is 11.1 Å². The molecule has 84 valence electrons. The monoisotopic (exact) mass is 283 g/mol. The summed E-state index contributed by atoms with van der Waals surface area (Å²) >= 11 is 3.24.